The Hall–Kier alpha value is -0.610. The molecule has 1 spiro atoms. The molecule has 0 radical (unpaired) electrons. The molecule has 3 rings (SSSR count). The number of rotatable bonds is 4. The summed E-state index contributed by atoms with van der Waals surface area (Å²) in [4.78, 5) is 14.8. The molecule has 0 aromatic carbocycles. The van der Waals surface area contributed by atoms with Crippen molar-refractivity contribution in [2.45, 2.75) is 52.1 Å². The summed E-state index contributed by atoms with van der Waals surface area (Å²) in [6, 6.07) is 0. The van der Waals surface area contributed by atoms with Crippen molar-refractivity contribution in [1.29, 1.82) is 0 Å². The molecule has 0 aromatic rings. The van der Waals surface area contributed by atoms with Crippen molar-refractivity contribution in [2.24, 2.45) is 17.3 Å². The Kier molecular flexibility index (Phi) is 4.55. The molecule has 120 valence electrons. The third-order valence-electron chi connectivity index (χ3n) is 5.51. The molecule has 2 aliphatic heterocycles. The lowest BCUT2D eigenvalue weighted by atomic mass is 9.91. The fourth-order valence-corrected chi connectivity index (χ4v) is 3.97. The number of amides is 1. The Bertz CT molecular complexity index is 369. The Morgan fingerprint density at radius 3 is 2.57 bits per heavy atom. The van der Waals surface area contributed by atoms with E-state index in [1.807, 2.05) is 0 Å². The van der Waals surface area contributed by atoms with Crippen molar-refractivity contribution in [3.05, 3.63) is 0 Å². The van der Waals surface area contributed by atoms with Crippen LogP contribution in [0, 0.1) is 17.3 Å². The van der Waals surface area contributed by atoms with Crippen molar-refractivity contribution in [3.63, 3.8) is 0 Å². The third-order valence-corrected chi connectivity index (χ3v) is 5.51. The van der Waals surface area contributed by atoms with Crippen LogP contribution in [0.5, 0.6) is 0 Å². The number of hydrogen-bond acceptors (Lipinski definition) is 3. The minimum Gasteiger partial charge on any atom is -0.378 e. The maximum Gasteiger partial charge on any atom is 0.226 e. The van der Waals surface area contributed by atoms with E-state index in [9.17, 15) is 4.79 Å². The van der Waals surface area contributed by atoms with Crippen molar-refractivity contribution < 1.29 is 9.53 Å². The summed E-state index contributed by atoms with van der Waals surface area (Å²) in [5, 5.41) is 3.41. The standard InChI is InChI=1S/C17H30N2O2/c1-13(2)12-21-14-3-9-19(10-4-14)16(20)15-11-17(15)5-7-18-8-6-17/h13-15,18H,3-12H2,1-2H3. The zero-order valence-corrected chi connectivity index (χ0v) is 13.6. The van der Waals surface area contributed by atoms with Crippen LogP contribution in [0.2, 0.25) is 0 Å². The molecule has 1 N–H and O–H groups in total. The minimum absolute atomic E-state index is 0.327. The fraction of sp³-hybridized carbons (Fsp3) is 0.941. The van der Waals surface area contributed by atoms with Gasteiger partial charge in [0.25, 0.3) is 0 Å². The molecule has 4 heteroatoms. The first-order valence-corrected chi connectivity index (χ1v) is 8.72. The number of carbonyl (C=O) groups excluding carboxylic acids is 1. The van der Waals surface area contributed by atoms with Gasteiger partial charge in [0.2, 0.25) is 5.91 Å². The first-order valence-electron chi connectivity index (χ1n) is 8.72. The largest absolute Gasteiger partial charge is 0.378 e. The van der Waals surface area contributed by atoms with Crippen molar-refractivity contribution >= 4 is 5.91 Å². The van der Waals surface area contributed by atoms with Gasteiger partial charge in [0.05, 0.1) is 6.10 Å². The molecule has 2 heterocycles. The van der Waals surface area contributed by atoms with Gasteiger partial charge in [0.15, 0.2) is 0 Å². The summed E-state index contributed by atoms with van der Waals surface area (Å²) in [6.07, 6.45) is 5.91. The highest BCUT2D eigenvalue weighted by Crippen LogP contribution is 2.59. The van der Waals surface area contributed by atoms with Crippen molar-refractivity contribution in [1.82, 2.24) is 10.2 Å². The second-order valence-corrected chi connectivity index (χ2v) is 7.62. The Labute approximate surface area is 128 Å². The molecule has 1 amide bonds. The van der Waals surface area contributed by atoms with E-state index in [1.165, 1.54) is 12.8 Å². The van der Waals surface area contributed by atoms with Crippen LogP contribution in [0.1, 0.15) is 46.0 Å². The predicted octanol–water partition coefficient (Wildman–Crippen LogP) is 2.04. The summed E-state index contributed by atoms with van der Waals surface area (Å²) in [7, 11) is 0. The fourth-order valence-electron chi connectivity index (χ4n) is 3.97. The lowest BCUT2D eigenvalue weighted by molar-refractivity contribution is -0.136. The summed E-state index contributed by atoms with van der Waals surface area (Å²) in [5.41, 5.74) is 0.368. The first-order chi connectivity index (χ1) is 10.1. The Morgan fingerprint density at radius 2 is 1.95 bits per heavy atom. The lowest BCUT2D eigenvalue weighted by Crippen LogP contribution is -2.43. The molecule has 2 saturated heterocycles. The molecule has 1 atom stereocenters. The van der Waals surface area contributed by atoms with E-state index in [0.29, 0.717) is 29.3 Å². The average molecular weight is 294 g/mol. The highest BCUT2D eigenvalue weighted by Gasteiger charge is 2.58. The number of likely N-dealkylation sites (tertiary alicyclic amines) is 1. The van der Waals surface area contributed by atoms with Gasteiger partial charge in [-0.25, -0.2) is 0 Å². The molecule has 4 nitrogen and oxygen atoms in total. The van der Waals surface area contributed by atoms with Gasteiger partial charge in [-0.3, -0.25) is 4.79 Å². The molecule has 1 aliphatic carbocycles. The quantitative estimate of drug-likeness (QED) is 0.863. The van der Waals surface area contributed by atoms with Crippen LogP contribution in [0.15, 0.2) is 0 Å². The van der Waals surface area contributed by atoms with Crippen LogP contribution in [0.3, 0.4) is 0 Å². The van der Waals surface area contributed by atoms with E-state index < -0.39 is 0 Å². The molecule has 3 aliphatic rings. The van der Waals surface area contributed by atoms with E-state index in [2.05, 4.69) is 24.1 Å². The number of hydrogen-bond donors (Lipinski definition) is 1. The maximum absolute atomic E-state index is 12.7. The highest BCUT2D eigenvalue weighted by atomic mass is 16.5. The number of nitrogens with zero attached hydrogens (tertiary/aromatic N) is 1. The van der Waals surface area contributed by atoms with E-state index in [0.717, 1.165) is 52.0 Å². The van der Waals surface area contributed by atoms with E-state index in [1.54, 1.807) is 0 Å². The van der Waals surface area contributed by atoms with Crippen LogP contribution in [-0.4, -0.2) is 49.7 Å². The average Bonchev–Trinajstić information content (AvgIpc) is 3.19. The normalized spacial score (nSPS) is 29.1. The van der Waals surface area contributed by atoms with Crippen LogP contribution < -0.4 is 5.32 Å². The van der Waals surface area contributed by atoms with E-state index >= 15 is 0 Å². The van der Waals surface area contributed by atoms with Gasteiger partial charge in [0.1, 0.15) is 0 Å². The van der Waals surface area contributed by atoms with Gasteiger partial charge >= 0.3 is 0 Å². The molecule has 1 saturated carbocycles. The molecular weight excluding hydrogens is 264 g/mol. The predicted molar refractivity (Wildman–Crippen MR) is 83.0 cm³/mol. The Morgan fingerprint density at radius 1 is 1.29 bits per heavy atom. The molecule has 0 aromatic heterocycles. The monoisotopic (exact) mass is 294 g/mol. The molecular formula is C17H30N2O2. The summed E-state index contributed by atoms with van der Waals surface area (Å²) in [5.74, 6) is 1.35. The number of ether oxygens (including phenoxy) is 1. The molecule has 0 bridgehead atoms. The SMILES string of the molecule is CC(C)COC1CCN(C(=O)C2CC23CCNCC3)CC1. The summed E-state index contributed by atoms with van der Waals surface area (Å²) < 4.78 is 5.91. The molecule has 3 fully saturated rings. The number of nitrogens with one attached hydrogen (secondary N) is 1. The maximum atomic E-state index is 12.7. The second kappa shape index (κ2) is 6.25. The number of piperidine rings is 2. The van der Waals surface area contributed by atoms with Gasteiger partial charge in [-0.05, 0) is 56.5 Å². The first kappa shape index (κ1) is 15.3. The highest BCUT2D eigenvalue weighted by molar-refractivity contribution is 5.82. The summed E-state index contributed by atoms with van der Waals surface area (Å²) in [6.45, 7) is 9.19. The van der Waals surface area contributed by atoms with Crippen molar-refractivity contribution in [3.8, 4) is 0 Å². The van der Waals surface area contributed by atoms with Crippen LogP contribution in [0.4, 0.5) is 0 Å². The van der Waals surface area contributed by atoms with Gasteiger partial charge in [-0.2, -0.15) is 0 Å². The van der Waals surface area contributed by atoms with Crippen LogP contribution in [0.25, 0.3) is 0 Å². The van der Waals surface area contributed by atoms with Gasteiger partial charge < -0.3 is 15.0 Å². The van der Waals surface area contributed by atoms with E-state index in [4.69, 9.17) is 4.74 Å². The van der Waals surface area contributed by atoms with Gasteiger partial charge in [-0.15, -0.1) is 0 Å². The zero-order valence-electron chi connectivity index (χ0n) is 13.6. The number of carbonyl (C=O) groups is 1. The zero-order chi connectivity index (χ0) is 14.9. The van der Waals surface area contributed by atoms with E-state index in [-0.39, 0.29) is 0 Å². The Balaban J connectivity index is 1.43. The summed E-state index contributed by atoms with van der Waals surface area (Å²) >= 11 is 0. The van der Waals surface area contributed by atoms with Crippen molar-refractivity contribution in [2.75, 3.05) is 32.8 Å². The third kappa shape index (κ3) is 3.42. The molecule has 1 unspecified atom stereocenters. The van der Waals surface area contributed by atoms with Gasteiger partial charge in [0, 0.05) is 25.6 Å². The van der Waals surface area contributed by atoms with Crippen LogP contribution >= 0.6 is 0 Å². The van der Waals surface area contributed by atoms with Gasteiger partial charge in [-0.1, -0.05) is 13.8 Å². The van der Waals surface area contributed by atoms with Crippen LogP contribution in [-0.2, 0) is 9.53 Å². The lowest BCUT2D eigenvalue weighted by Gasteiger charge is -2.33. The minimum atomic E-state index is 0.327. The molecule has 21 heavy (non-hydrogen) atoms. The smallest absolute Gasteiger partial charge is 0.226 e. The second-order valence-electron chi connectivity index (χ2n) is 7.62. The topological polar surface area (TPSA) is 41.6 Å².